The van der Waals surface area contributed by atoms with E-state index in [1.165, 1.54) is 0 Å². The second-order valence-corrected chi connectivity index (χ2v) is 6.33. The number of benzene rings is 1. The highest BCUT2D eigenvalue weighted by molar-refractivity contribution is 5.86. The fraction of sp³-hybridized carbons (Fsp3) is 0.474. The first-order valence-electron chi connectivity index (χ1n) is 9.05. The van der Waals surface area contributed by atoms with E-state index in [9.17, 15) is 4.79 Å². The highest BCUT2D eigenvalue weighted by Crippen LogP contribution is 2.19. The minimum absolute atomic E-state index is 0.0713. The molecule has 0 aliphatic carbocycles. The maximum Gasteiger partial charge on any atom is 0.245 e. The Labute approximate surface area is 153 Å². The zero-order chi connectivity index (χ0) is 18.5. The third-order valence-corrected chi connectivity index (χ3v) is 4.64. The van der Waals surface area contributed by atoms with Crippen molar-refractivity contribution in [1.82, 2.24) is 20.1 Å². The summed E-state index contributed by atoms with van der Waals surface area (Å²) in [7, 11) is 1.64. The molecule has 2 heterocycles. The molecular formula is C19H25N5O2. The summed E-state index contributed by atoms with van der Waals surface area (Å²) in [5.74, 6) is 1.32. The number of amides is 1. The molecule has 1 atom stereocenters. The van der Waals surface area contributed by atoms with Gasteiger partial charge in [0.05, 0.1) is 18.5 Å². The minimum Gasteiger partial charge on any atom is -0.497 e. The van der Waals surface area contributed by atoms with Gasteiger partial charge in [0.2, 0.25) is 11.9 Å². The van der Waals surface area contributed by atoms with Gasteiger partial charge in [0, 0.05) is 13.1 Å². The molecule has 3 rings (SSSR count). The van der Waals surface area contributed by atoms with E-state index in [0.29, 0.717) is 19.0 Å². The summed E-state index contributed by atoms with van der Waals surface area (Å²) in [6.07, 6.45) is 2.34. The molecular weight excluding hydrogens is 330 g/mol. The van der Waals surface area contributed by atoms with Gasteiger partial charge in [-0.1, -0.05) is 26.0 Å². The normalized spacial score (nSPS) is 16.8. The molecule has 0 radical (unpaired) electrons. The topological polar surface area (TPSA) is 80.2 Å². The molecule has 2 aromatic rings. The predicted octanol–water partition coefficient (Wildman–Crippen LogP) is 2.22. The van der Waals surface area contributed by atoms with Crippen LogP contribution in [0.5, 0.6) is 5.75 Å². The summed E-state index contributed by atoms with van der Waals surface area (Å²) >= 11 is 0. The van der Waals surface area contributed by atoms with Gasteiger partial charge in [-0.05, 0) is 37.0 Å². The highest BCUT2D eigenvalue weighted by atomic mass is 16.5. The van der Waals surface area contributed by atoms with Gasteiger partial charge in [-0.2, -0.15) is 5.10 Å². The fourth-order valence-electron chi connectivity index (χ4n) is 3.14. The molecule has 0 saturated carbocycles. The molecule has 26 heavy (non-hydrogen) atoms. The summed E-state index contributed by atoms with van der Waals surface area (Å²) in [4.78, 5) is 19.1. The molecule has 7 nitrogen and oxygen atoms in total. The summed E-state index contributed by atoms with van der Waals surface area (Å²) in [5, 5.41) is 11.5. The Balaban J connectivity index is 1.63. The van der Waals surface area contributed by atoms with E-state index in [4.69, 9.17) is 4.74 Å². The number of anilines is 1. The van der Waals surface area contributed by atoms with Crippen molar-refractivity contribution in [2.45, 2.75) is 45.7 Å². The lowest BCUT2D eigenvalue weighted by Crippen LogP contribution is -2.33. The summed E-state index contributed by atoms with van der Waals surface area (Å²) in [6.45, 7) is 5.39. The van der Waals surface area contributed by atoms with Gasteiger partial charge in [0.1, 0.15) is 11.8 Å². The fourth-order valence-corrected chi connectivity index (χ4v) is 3.14. The number of nitrogens with one attached hydrogen (secondary N) is 1. The van der Waals surface area contributed by atoms with Crippen molar-refractivity contribution in [1.29, 1.82) is 0 Å². The van der Waals surface area contributed by atoms with Crippen LogP contribution in [0.2, 0.25) is 0 Å². The van der Waals surface area contributed by atoms with Crippen LogP contribution in [-0.4, -0.2) is 45.7 Å². The molecule has 0 spiro atoms. The molecule has 1 aromatic heterocycles. The highest BCUT2D eigenvalue weighted by Gasteiger charge is 2.32. The van der Waals surface area contributed by atoms with E-state index >= 15 is 0 Å². The second kappa shape index (κ2) is 8.12. The standard InChI is InChI=1S/C19H25N5O2/c1-4-15-16(5-2)22-23-19(20-15)21-17-10-11-24(18(17)25)12-13-6-8-14(26-3)9-7-13/h6-9,17H,4-5,10-12H2,1-3H3,(H,20,21,23). The molecule has 1 aliphatic heterocycles. The molecule has 7 heteroatoms. The van der Waals surface area contributed by atoms with Crippen molar-refractivity contribution in [3.05, 3.63) is 41.2 Å². The van der Waals surface area contributed by atoms with E-state index in [1.807, 2.05) is 43.0 Å². The van der Waals surface area contributed by atoms with Crippen LogP contribution in [0.1, 0.15) is 37.2 Å². The van der Waals surface area contributed by atoms with Crippen molar-refractivity contribution in [2.75, 3.05) is 19.0 Å². The van der Waals surface area contributed by atoms with Crippen LogP contribution in [0, 0.1) is 0 Å². The number of nitrogens with zero attached hydrogens (tertiary/aromatic N) is 4. The molecule has 1 fully saturated rings. The number of aromatic nitrogens is 3. The van der Waals surface area contributed by atoms with Gasteiger partial charge in [-0.3, -0.25) is 4.79 Å². The van der Waals surface area contributed by atoms with Crippen LogP contribution in [0.3, 0.4) is 0 Å². The van der Waals surface area contributed by atoms with Crippen molar-refractivity contribution in [3.63, 3.8) is 0 Å². The zero-order valence-corrected chi connectivity index (χ0v) is 15.5. The number of ether oxygens (including phenoxy) is 1. The van der Waals surface area contributed by atoms with Gasteiger partial charge in [-0.25, -0.2) is 4.98 Å². The number of methoxy groups -OCH3 is 1. The van der Waals surface area contributed by atoms with Crippen molar-refractivity contribution in [2.24, 2.45) is 0 Å². The molecule has 1 aromatic carbocycles. The number of aryl methyl sites for hydroxylation is 2. The van der Waals surface area contributed by atoms with E-state index in [0.717, 1.165) is 42.0 Å². The first-order chi connectivity index (χ1) is 12.6. The predicted molar refractivity (Wildman–Crippen MR) is 99.0 cm³/mol. The Morgan fingerprint density at radius 3 is 2.54 bits per heavy atom. The molecule has 1 saturated heterocycles. The van der Waals surface area contributed by atoms with Gasteiger partial charge in [0.25, 0.3) is 0 Å². The maximum atomic E-state index is 12.7. The van der Waals surface area contributed by atoms with Crippen LogP contribution in [0.25, 0.3) is 0 Å². The largest absolute Gasteiger partial charge is 0.497 e. The molecule has 1 aliphatic rings. The summed E-state index contributed by atoms with van der Waals surface area (Å²) < 4.78 is 5.17. The van der Waals surface area contributed by atoms with E-state index in [2.05, 4.69) is 20.5 Å². The molecule has 1 N–H and O–H groups in total. The number of carbonyl (C=O) groups excluding carboxylic acids is 1. The van der Waals surface area contributed by atoms with Crippen molar-refractivity contribution < 1.29 is 9.53 Å². The lowest BCUT2D eigenvalue weighted by Gasteiger charge is -2.17. The SMILES string of the molecule is CCc1nnc(NC2CCN(Cc3ccc(OC)cc3)C2=O)nc1CC. The third kappa shape index (κ3) is 3.92. The Bertz CT molecular complexity index is 763. The Morgan fingerprint density at radius 2 is 1.88 bits per heavy atom. The average molecular weight is 355 g/mol. The van der Waals surface area contributed by atoms with Crippen LogP contribution < -0.4 is 10.1 Å². The third-order valence-electron chi connectivity index (χ3n) is 4.64. The van der Waals surface area contributed by atoms with E-state index in [1.54, 1.807) is 7.11 Å². The van der Waals surface area contributed by atoms with Crippen LogP contribution in [0.4, 0.5) is 5.95 Å². The summed E-state index contributed by atoms with van der Waals surface area (Å²) in [5.41, 5.74) is 2.93. The van der Waals surface area contributed by atoms with Gasteiger partial charge >= 0.3 is 0 Å². The molecule has 138 valence electrons. The van der Waals surface area contributed by atoms with Gasteiger partial charge < -0.3 is 15.0 Å². The zero-order valence-electron chi connectivity index (χ0n) is 15.5. The van der Waals surface area contributed by atoms with Crippen molar-refractivity contribution >= 4 is 11.9 Å². The van der Waals surface area contributed by atoms with Crippen molar-refractivity contribution in [3.8, 4) is 5.75 Å². The van der Waals surface area contributed by atoms with Gasteiger partial charge in [0.15, 0.2) is 0 Å². The number of rotatable bonds is 7. The summed E-state index contributed by atoms with van der Waals surface area (Å²) in [6, 6.07) is 7.49. The van der Waals surface area contributed by atoms with Crippen LogP contribution in [0.15, 0.2) is 24.3 Å². The average Bonchev–Trinajstić information content (AvgIpc) is 3.02. The van der Waals surface area contributed by atoms with Gasteiger partial charge in [-0.15, -0.1) is 5.10 Å². The molecule has 1 unspecified atom stereocenters. The van der Waals surface area contributed by atoms with E-state index in [-0.39, 0.29) is 11.9 Å². The first kappa shape index (κ1) is 18.1. The first-order valence-corrected chi connectivity index (χ1v) is 9.05. The second-order valence-electron chi connectivity index (χ2n) is 6.33. The number of hydrogen-bond donors (Lipinski definition) is 1. The smallest absolute Gasteiger partial charge is 0.245 e. The number of carbonyl (C=O) groups is 1. The quantitative estimate of drug-likeness (QED) is 0.820. The van der Waals surface area contributed by atoms with Crippen LogP contribution >= 0.6 is 0 Å². The Hall–Kier alpha value is -2.70. The number of likely N-dealkylation sites (tertiary alicyclic amines) is 1. The molecule has 0 bridgehead atoms. The Kier molecular flexibility index (Phi) is 5.65. The Morgan fingerprint density at radius 1 is 1.15 bits per heavy atom. The van der Waals surface area contributed by atoms with E-state index < -0.39 is 0 Å². The molecule has 1 amide bonds. The number of hydrogen-bond acceptors (Lipinski definition) is 6. The minimum atomic E-state index is -0.299. The lowest BCUT2D eigenvalue weighted by atomic mass is 10.2. The maximum absolute atomic E-state index is 12.7. The van der Waals surface area contributed by atoms with Crippen LogP contribution in [-0.2, 0) is 24.2 Å². The lowest BCUT2D eigenvalue weighted by molar-refractivity contribution is -0.128. The monoisotopic (exact) mass is 355 g/mol.